The van der Waals surface area contributed by atoms with Gasteiger partial charge in [-0.2, -0.15) is 0 Å². The highest BCUT2D eigenvalue weighted by Crippen LogP contribution is 2.37. The van der Waals surface area contributed by atoms with E-state index in [1.54, 1.807) is 24.4 Å². The maximum atomic E-state index is 6.24. The van der Waals surface area contributed by atoms with Gasteiger partial charge in [0.2, 0.25) is 5.88 Å². The molecule has 1 aromatic heterocycles. The van der Waals surface area contributed by atoms with Gasteiger partial charge in [0, 0.05) is 30.0 Å². The van der Waals surface area contributed by atoms with Crippen LogP contribution in [-0.4, -0.2) is 37.6 Å². The average Bonchev–Trinajstić information content (AvgIpc) is 2.72. The van der Waals surface area contributed by atoms with E-state index in [0.29, 0.717) is 40.6 Å². The first-order valence-electron chi connectivity index (χ1n) is 9.33. The number of rotatable bonds is 12. The fourth-order valence-electron chi connectivity index (χ4n) is 2.38. The molecular weight excluding hydrogens is 486 g/mol. The van der Waals surface area contributed by atoms with Crippen LogP contribution in [0.25, 0.3) is 0 Å². The first-order chi connectivity index (χ1) is 14.9. The Labute approximate surface area is 201 Å². The zero-order chi connectivity index (χ0) is 22.6. The van der Waals surface area contributed by atoms with Crippen molar-refractivity contribution in [2.75, 3.05) is 26.9 Å². The molecule has 0 N–H and O–H groups in total. The van der Waals surface area contributed by atoms with Crippen LogP contribution in [0.5, 0.6) is 17.4 Å². The maximum absolute atomic E-state index is 6.24. The summed E-state index contributed by atoms with van der Waals surface area (Å²) in [5.41, 5.74) is 1.61. The van der Waals surface area contributed by atoms with Gasteiger partial charge in [-0.25, -0.2) is 4.98 Å². The van der Waals surface area contributed by atoms with E-state index in [2.05, 4.69) is 10.1 Å². The molecule has 2 aromatic rings. The summed E-state index contributed by atoms with van der Waals surface area (Å²) in [7, 11) is 1.50. The quantitative estimate of drug-likeness (QED) is 0.182. The fourth-order valence-corrected chi connectivity index (χ4v) is 3.09. The van der Waals surface area contributed by atoms with Crippen molar-refractivity contribution >= 4 is 52.1 Å². The largest absolute Gasteiger partial charge is 0.490 e. The van der Waals surface area contributed by atoms with E-state index in [9.17, 15) is 0 Å². The molecule has 1 heterocycles. The Kier molecular flexibility index (Phi) is 11.1. The Balaban J connectivity index is 1.73. The summed E-state index contributed by atoms with van der Waals surface area (Å²) in [5, 5.41) is 4.58. The molecule has 0 unspecified atom stereocenters. The number of aromatic nitrogens is 1. The second-order valence-corrected chi connectivity index (χ2v) is 7.99. The van der Waals surface area contributed by atoms with E-state index >= 15 is 0 Å². The van der Waals surface area contributed by atoms with Crippen molar-refractivity contribution < 1.29 is 19.0 Å². The van der Waals surface area contributed by atoms with E-state index in [1.807, 2.05) is 13.0 Å². The monoisotopic (exact) mass is 506 g/mol. The van der Waals surface area contributed by atoms with Crippen molar-refractivity contribution in [3.63, 3.8) is 0 Å². The highest BCUT2D eigenvalue weighted by Gasteiger charge is 2.10. The van der Waals surface area contributed by atoms with E-state index in [0.717, 1.165) is 24.1 Å². The number of hydrogen-bond donors (Lipinski definition) is 0. The van der Waals surface area contributed by atoms with Crippen molar-refractivity contribution in [2.24, 2.45) is 5.16 Å². The molecule has 0 atom stereocenters. The van der Waals surface area contributed by atoms with Crippen molar-refractivity contribution in [2.45, 2.75) is 19.8 Å². The second-order valence-electron chi connectivity index (χ2n) is 6.17. The SMILES string of the molecule is CON=C(C)c1ccc(OCCCCOc2c(Cl)cc(OCC=C(Cl)Cl)cc2Cl)nc1. The Morgan fingerprint density at radius 3 is 2.29 bits per heavy atom. The van der Waals surface area contributed by atoms with Crippen LogP contribution in [-0.2, 0) is 4.84 Å². The molecular formula is C21H22Cl4N2O4. The summed E-state index contributed by atoms with van der Waals surface area (Å²) in [6, 6.07) is 6.91. The van der Waals surface area contributed by atoms with E-state index < -0.39 is 0 Å². The van der Waals surface area contributed by atoms with Gasteiger partial charge in [-0.1, -0.05) is 51.6 Å². The number of benzene rings is 1. The zero-order valence-electron chi connectivity index (χ0n) is 17.0. The summed E-state index contributed by atoms with van der Waals surface area (Å²) >= 11 is 23.6. The van der Waals surface area contributed by atoms with Gasteiger partial charge in [-0.05, 0) is 31.9 Å². The third-order valence-electron chi connectivity index (χ3n) is 3.88. The number of unbranched alkanes of at least 4 members (excludes halogenated alkanes) is 1. The predicted molar refractivity (Wildman–Crippen MR) is 125 cm³/mol. The lowest BCUT2D eigenvalue weighted by Crippen LogP contribution is -2.04. The summed E-state index contributed by atoms with van der Waals surface area (Å²) in [4.78, 5) is 9.00. The van der Waals surface area contributed by atoms with Gasteiger partial charge in [0.05, 0.1) is 29.0 Å². The molecule has 0 saturated heterocycles. The summed E-state index contributed by atoms with van der Waals surface area (Å²) in [6.45, 7) is 2.99. The standard InChI is InChI=1S/C21H22Cl4N2O4/c1-14(27-28-2)15-5-6-20(26-13-15)30-8-3-4-9-31-21-17(22)11-16(12-18(21)23)29-10-7-19(24)25/h5-7,11-13H,3-4,8-10H2,1-2H3. The number of nitrogens with zero attached hydrogens (tertiary/aromatic N) is 2. The fraction of sp³-hybridized carbons (Fsp3) is 0.333. The van der Waals surface area contributed by atoms with Gasteiger partial charge in [0.15, 0.2) is 5.75 Å². The lowest BCUT2D eigenvalue weighted by molar-refractivity contribution is 0.213. The summed E-state index contributed by atoms with van der Waals surface area (Å²) in [6.07, 6.45) is 4.73. The average molecular weight is 508 g/mol. The van der Waals surface area contributed by atoms with Crippen molar-refractivity contribution in [1.29, 1.82) is 0 Å². The van der Waals surface area contributed by atoms with Gasteiger partial charge in [-0.15, -0.1) is 0 Å². The minimum Gasteiger partial charge on any atom is -0.490 e. The minimum absolute atomic E-state index is 0.126. The molecule has 0 aliphatic rings. The molecule has 0 aliphatic carbocycles. The molecule has 0 radical (unpaired) electrons. The van der Waals surface area contributed by atoms with Crippen molar-refractivity contribution in [3.8, 4) is 17.4 Å². The molecule has 6 nitrogen and oxygen atoms in total. The van der Waals surface area contributed by atoms with E-state index in [1.165, 1.54) is 13.2 Å². The Hall–Kier alpha value is -1.86. The molecule has 2 rings (SSSR count). The van der Waals surface area contributed by atoms with Crippen LogP contribution in [0, 0.1) is 0 Å². The highest BCUT2D eigenvalue weighted by molar-refractivity contribution is 6.55. The van der Waals surface area contributed by atoms with Crippen LogP contribution in [0.2, 0.25) is 10.0 Å². The van der Waals surface area contributed by atoms with Crippen molar-refractivity contribution in [3.05, 3.63) is 56.6 Å². The molecule has 0 aliphatic heterocycles. The summed E-state index contributed by atoms with van der Waals surface area (Å²) in [5.74, 6) is 1.44. The smallest absolute Gasteiger partial charge is 0.213 e. The lowest BCUT2D eigenvalue weighted by atomic mass is 10.2. The number of pyridine rings is 1. The second kappa shape index (κ2) is 13.5. The molecule has 0 fully saturated rings. The van der Waals surface area contributed by atoms with Gasteiger partial charge in [0.1, 0.15) is 24.0 Å². The van der Waals surface area contributed by atoms with E-state index in [4.69, 9.17) is 65.5 Å². The van der Waals surface area contributed by atoms with Crippen LogP contribution < -0.4 is 14.2 Å². The minimum atomic E-state index is 0.126. The molecule has 31 heavy (non-hydrogen) atoms. The van der Waals surface area contributed by atoms with Crippen LogP contribution in [0.3, 0.4) is 0 Å². The first-order valence-corrected chi connectivity index (χ1v) is 10.8. The molecule has 0 saturated carbocycles. The predicted octanol–water partition coefficient (Wildman–Crippen LogP) is 6.69. The molecule has 10 heteroatoms. The number of ether oxygens (including phenoxy) is 3. The highest BCUT2D eigenvalue weighted by atomic mass is 35.5. The Bertz CT molecular complexity index is 878. The Morgan fingerprint density at radius 2 is 1.71 bits per heavy atom. The first kappa shape index (κ1) is 25.4. The topological polar surface area (TPSA) is 62.2 Å². The third kappa shape index (κ3) is 9.03. The Morgan fingerprint density at radius 1 is 1.03 bits per heavy atom. The zero-order valence-corrected chi connectivity index (χ0v) is 20.1. The molecule has 168 valence electrons. The van der Waals surface area contributed by atoms with Gasteiger partial charge < -0.3 is 19.0 Å². The van der Waals surface area contributed by atoms with Crippen LogP contribution in [0.15, 0.2) is 46.2 Å². The normalized spacial score (nSPS) is 11.1. The van der Waals surface area contributed by atoms with Crippen LogP contribution in [0.4, 0.5) is 0 Å². The maximum Gasteiger partial charge on any atom is 0.213 e. The van der Waals surface area contributed by atoms with Crippen LogP contribution >= 0.6 is 46.4 Å². The molecule has 1 aromatic carbocycles. The number of hydrogen-bond acceptors (Lipinski definition) is 6. The third-order valence-corrected chi connectivity index (χ3v) is 4.75. The van der Waals surface area contributed by atoms with Crippen molar-refractivity contribution in [1.82, 2.24) is 4.98 Å². The lowest BCUT2D eigenvalue weighted by Gasteiger charge is -2.12. The van der Waals surface area contributed by atoms with Gasteiger partial charge in [-0.3, -0.25) is 0 Å². The molecule has 0 spiro atoms. The van der Waals surface area contributed by atoms with Crippen LogP contribution in [0.1, 0.15) is 25.3 Å². The molecule has 0 bridgehead atoms. The van der Waals surface area contributed by atoms with Gasteiger partial charge >= 0.3 is 0 Å². The number of halogens is 4. The summed E-state index contributed by atoms with van der Waals surface area (Å²) < 4.78 is 16.9. The van der Waals surface area contributed by atoms with Gasteiger partial charge in [0.25, 0.3) is 0 Å². The molecule has 0 amide bonds. The number of oxime groups is 1. The van der Waals surface area contributed by atoms with E-state index in [-0.39, 0.29) is 11.1 Å².